The average molecular weight is 493 g/mol. The second kappa shape index (κ2) is 9.98. The third-order valence-corrected chi connectivity index (χ3v) is 4.74. The highest BCUT2D eigenvalue weighted by Crippen LogP contribution is 2.29. The molecule has 0 bridgehead atoms. The van der Waals surface area contributed by atoms with Gasteiger partial charge >= 0.3 is 12.2 Å². The summed E-state index contributed by atoms with van der Waals surface area (Å²) in [6, 6.07) is 7.75. The van der Waals surface area contributed by atoms with Gasteiger partial charge in [-0.1, -0.05) is 41.8 Å². The first-order chi connectivity index (χ1) is 14.3. The van der Waals surface area contributed by atoms with Gasteiger partial charge in [0.1, 0.15) is 11.2 Å². The molecule has 7 heteroatoms. The van der Waals surface area contributed by atoms with E-state index >= 15 is 0 Å². The van der Waals surface area contributed by atoms with Crippen molar-refractivity contribution in [3.8, 4) is 0 Å². The first-order valence-electron chi connectivity index (χ1n) is 10.7. The lowest BCUT2D eigenvalue weighted by Gasteiger charge is -2.29. The van der Waals surface area contributed by atoms with E-state index in [1.54, 1.807) is 41.5 Å². The predicted octanol–water partition coefficient (Wildman–Crippen LogP) is 7.41. The molecule has 1 aromatic carbocycles. The summed E-state index contributed by atoms with van der Waals surface area (Å²) in [7, 11) is 0. The lowest BCUT2D eigenvalue weighted by molar-refractivity contribution is 0.0428. The van der Waals surface area contributed by atoms with Crippen LogP contribution in [0.15, 0.2) is 28.7 Å². The van der Waals surface area contributed by atoms with E-state index < -0.39 is 23.4 Å². The number of carbonyl (C=O) groups is 2. The lowest BCUT2D eigenvalue weighted by atomic mass is 10.0. The molecule has 0 aliphatic heterocycles. The lowest BCUT2D eigenvalue weighted by Crippen LogP contribution is -2.44. The van der Waals surface area contributed by atoms with E-state index in [2.05, 4.69) is 22.9 Å². The number of halogens is 1. The first kappa shape index (κ1) is 25.1. The van der Waals surface area contributed by atoms with Gasteiger partial charge in [-0.15, -0.1) is 0 Å². The van der Waals surface area contributed by atoms with E-state index in [0.29, 0.717) is 11.9 Å². The smallest absolute Gasteiger partial charge is 0.425 e. The molecule has 1 heterocycles. The van der Waals surface area contributed by atoms with Gasteiger partial charge in [0, 0.05) is 9.86 Å². The summed E-state index contributed by atoms with van der Waals surface area (Å²) < 4.78 is 11.9. The van der Waals surface area contributed by atoms with Crippen molar-refractivity contribution in [2.75, 3.05) is 4.90 Å². The molecule has 0 radical (unpaired) electrons. The second-order valence-corrected chi connectivity index (χ2v) is 10.5. The van der Waals surface area contributed by atoms with Crippen molar-refractivity contribution in [1.82, 2.24) is 4.98 Å². The van der Waals surface area contributed by atoms with Gasteiger partial charge in [0.05, 0.1) is 5.52 Å². The third kappa shape index (κ3) is 7.49. The number of aromatic nitrogens is 1. The zero-order valence-corrected chi connectivity index (χ0v) is 21.1. The highest BCUT2D eigenvalue weighted by Gasteiger charge is 2.35. The maximum absolute atomic E-state index is 13.1. The first-order valence-corrected chi connectivity index (χ1v) is 11.5. The van der Waals surface area contributed by atoms with Crippen molar-refractivity contribution >= 4 is 44.8 Å². The number of fused-ring (bicyclic) bond motifs is 1. The number of benzene rings is 1. The Morgan fingerprint density at radius 1 is 0.968 bits per heavy atom. The van der Waals surface area contributed by atoms with Gasteiger partial charge in [-0.25, -0.2) is 14.6 Å². The van der Waals surface area contributed by atoms with Gasteiger partial charge in [0.2, 0.25) is 0 Å². The van der Waals surface area contributed by atoms with Gasteiger partial charge in [-0.05, 0) is 78.1 Å². The molecule has 6 nitrogen and oxygen atoms in total. The third-order valence-electron chi connectivity index (χ3n) is 4.25. The summed E-state index contributed by atoms with van der Waals surface area (Å²) in [5, 5.41) is 0.937. The Morgan fingerprint density at radius 2 is 1.55 bits per heavy atom. The van der Waals surface area contributed by atoms with Crippen molar-refractivity contribution in [2.45, 2.75) is 85.4 Å². The molecule has 0 saturated heterocycles. The molecule has 2 aromatic rings. The van der Waals surface area contributed by atoms with Crippen molar-refractivity contribution in [3.05, 3.63) is 34.3 Å². The number of imide groups is 1. The van der Waals surface area contributed by atoms with Gasteiger partial charge in [0.15, 0.2) is 5.82 Å². The Bertz CT molecular complexity index is 917. The molecule has 0 atom stereocenters. The molecule has 0 unspecified atom stereocenters. The molecule has 2 rings (SSSR count). The van der Waals surface area contributed by atoms with Gasteiger partial charge in [-0.3, -0.25) is 0 Å². The van der Waals surface area contributed by atoms with E-state index in [1.165, 1.54) is 0 Å². The molecule has 0 aliphatic carbocycles. The van der Waals surface area contributed by atoms with Gasteiger partial charge < -0.3 is 9.47 Å². The number of carbonyl (C=O) groups excluding carboxylic acids is 2. The Labute approximate surface area is 193 Å². The molecule has 31 heavy (non-hydrogen) atoms. The van der Waals surface area contributed by atoms with E-state index in [1.807, 2.05) is 24.3 Å². The summed E-state index contributed by atoms with van der Waals surface area (Å²) in [5.41, 5.74) is -0.0835. The maximum atomic E-state index is 13.1. The molecule has 0 saturated carbocycles. The minimum atomic E-state index is -0.805. The Balaban J connectivity index is 2.64. The minimum Gasteiger partial charge on any atom is -0.443 e. The van der Waals surface area contributed by atoms with Crippen LogP contribution >= 0.6 is 15.9 Å². The molecule has 0 fully saturated rings. The molecule has 0 spiro atoms. The highest BCUT2D eigenvalue weighted by atomic mass is 79.9. The molecule has 1 aromatic heterocycles. The number of anilines is 1. The summed E-state index contributed by atoms with van der Waals surface area (Å²) in [6.07, 6.45) is 2.09. The average Bonchev–Trinajstić information content (AvgIpc) is 2.59. The number of aryl methyl sites for hydroxylation is 1. The highest BCUT2D eigenvalue weighted by molar-refractivity contribution is 9.10. The normalized spacial score (nSPS) is 12.0. The molecule has 2 amide bonds. The van der Waals surface area contributed by atoms with Crippen LogP contribution in [-0.2, 0) is 15.9 Å². The minimum absolute atomic E-state index is 0.255. The fraction of sp³-hybridized carbons (Fsp3) is 0.542. The van der Waals surface area contributed by atoms with E-state index in [9.17, 15) is 9.59 Å². The summed E-state index contributed by atoms with van der Waals surface area (Å²) in [6.45, 7) is 12.7. The Hall–Kier alpha value is -2.15. The second-order valence-electron chi connectivity index (χ2n) is 9.56. The van der Waals surface area contributed by atoms with E-state index in [-0.39, 0.29) is 5.82 Å². The number of pyridine rings is 1. The predicted molar refractivity (Wildman–Crippen MR) is 128 cm³/mol. The summed E-state index contributed by atoms with van der Waals surface area (Å²) >= 11 is 3.46. The number of rotatable bonds is 5. The van der Waals surface area contributed by atoms with Crippen molar-refractivity contribution in [1.29, 1.82) is 0 Å². The van der Waals surface area contributed by atoms with Crippen LogP contribution < -0.4 is 4.90 Å². The number of hydrogen-bond acceptors (Lipinski definition) is 5. The quantitative estimate of drug-likeness (QED) is 0.406. The van der Waals surface area contributed by atoms with Crippen LogP contribution in [0.1, 0.15) is 73.3 Å². The van der Waals surface area contributed by atoms with E-state index in [0.717, 1.165) is 39.6 Å². The van der Waals surface area contributed by atoms with Crippen LogP contribution in [0.3, 0.4) is 0 Å². The number of unbranched alkanes of at least 4 members (excludes halogenated alkanes) is 2. The fourth-order valence-electron chi connectivity index (χ4n) is 2.98. The monoisotopic (exact) mass is 492 g/mol. The molecular weight excluding hydrogens is 460 g/mol. The number of amides is 2. The zero-order valence-electron chi connectivity index (χ0n) is 19.5. The standard InChI is InChI=1S/C24H33BrN2O4/c1-8-9-10-11-17-14-16-12-13-18(25)15-19(16)26-20(17)27(21(28)30-23(2,3)4)22(29)31-24(5,6)7/h12-15H,8-11H2,1-7H3. The molecule has 170 valence electrons. The molecule has 0 N–H and O–H groups in total. The van der Waals surface area contributed by atoms with Crippen LogP contribution in [-0.4, -0.2) is 28.4 Å². The maximum Gasteiger partial charge on any atom is 0.425 e. The van der Waals surface area contributed by atoms with Crippen LogP contribution in [0.25, 0.3) is 10.9 Å². The number of ether oxygens (including phenoxy) is 2. The summed E-state index contributed by atoms with van der Waals surface area (Å²) in [5.74, 6) is 0.255. The zero-order chi connectivity index (χ0) is 23.4. The molecular formula is C24H33BrN2O4. The Kier molecular flexibility index (Phi) is 8.09. The Morgan fingerprint density at radius 3 is 2.06 bits per heavy atom. The van der Waals surface area contributed by atoms with Crippen LogP contribution in [0, 0.1) is 0 Å². The van der Waals surface area contributed by atoms with Crippen LogP contribution in [0.4, 0.5) is 15.4 Å². The number of hydrogen-bond donors (Lipinski definition) is 0. The van der Waals surface area contributed by atoms with Gasteiger partial charge in [0.25, 0.3) is 0 Å². The van der Waals surface area contributed by atoms with Crippen molar-refractivity contribution < 1.29 is 19.1 Å². The van der Waals surface area contributed by atoms with Crippen LogP contribution in [0.2, 0.25) is 0 Å². The SMILES string of the molecule is CCCCCc1cc2ccc(Br)cc2nc1N(C(=O)OC(C)(C)C)C(=O)OC(C)(C)C. The number of nitrogens with zero attached hydrogens (tertiary/aromatic N) is 2. The molecule has 0 aliphatic rings. The van der Waals surface area contributed by atoms with Crippen molar-refractivity contribution in [3.63, 3.8) is 0 Å². The van der Waals surface area contributed by atoms with Crippen molar-refractivity contribution in [2.24, 2.45) is 0 Å². The topological polar surface area (TPSA) is 68.7 Å². The van der Waals surface area contributed by atoms with Gasteiger partial charge in [-0.2, -0.15) is 4.90 Å². The van der Waals surface area contributed by atoms with Crippen LogP contribution in [0.5, 0.6) is 0 Å². The summed E-state index contributed by atoms with van der Waals surface area (Å²) in [4.78, 5) is 31.9. The largest absolute Gasteiger partial charge is 0.443 e. The van der Waals surface area contributed by atoms with E-state index in [4.69, 9.17) is 14.5 Å². The fourth-order valence-corrected chi connectivity index (χ4v) is 3.33.